The van der Waals surface area contributed by atoms with Crippen LogP contribution < -0.4 is 0 Å². The van der Waals surface area contributed by atoms with Crippen molar-refractivity contribution in [2.24, 2.45) is 0 Å². The van der Waals surface area contributed by atoms with E-state index >= 15 is 0 Å². The van der Waals surface area contributed by atoms with Crippen LogP contribution in [0.2, 0.25) is 0 Å². The largest absolute Gasteiger partial charge is 0.391 e. The van der Waals surface area contributed by atoms with Gasteiger partial charge in [0.2, 0.25) is 0 Å². The van der Waals surface area contributed by atoms with Gasteiger partial charge in [-0.25, -0.2) is 0 Å². The second kappa shape index (κ2) is 5.33. The lowest BCUT2D eigenvalue weighted by Gasteiger charge is -2.30. The Balaban J connectivity index is 2.19. The summed E-state index contributed by atoms with van der Waals surface area (Å²) in [6.45, 7) is 7.62. The van der Waals surface area contributed by atoms with Crippen LogP contribution in [0.25, 0.3) is 0 Å². The zero-order valence-corrected chi connectivity index (χ0v) is 12.0. The normalized spacial score (nSPS) is 20.4. The maximum absolute atomic E-state index is 12.4. The highest BCUT2D eigenvalue weighted by Crippen LogP contribution is 2.23. The molecule has 1 aliphatic rings. The third kappa shape index (κ3) is 3.35. The number of hydrogen-bond acceptors (Lipinski definition) is 2. The number of rotatable bonds is 1. The van der Waals surface area contributed by atoms with Gasteiger partial charge in [-0.2, -0.15) is 0 Å². The van der Waals surface area contributed by atoms with Crippen LogP contribution in [0.5, 0.6) is 0 Å². The third-order valence-corrected chi connectivity index (χ3v) is 3.66. The highest BCUT2D eigenvalue weighted by molar-refractivity contribution is 5.94. The average Bonchev–Trinajstić information content (AvgIpc) is 2.37. The predicted octanol–water partition coefficient (Wildman–Crippen LogP) is 2.58. The molecule has 0 spiro atoms. The van der Waals surface area contributed by atoms with Gasteiger partial charge in [0.1, 0.15) is 0 Å². The number of hydrogen-bond donors (Lipinski definition) is 1. The molecule has 1 aromatic rings. The Hall–Kier alpha value is -1.35. The molecule has 2 rings (SSSR count). The van der Waals surface area contributed by atoms with Gasteiger partial charge in [-0.15, -0.1) is 0 Å². The van der Waals surface area contributed by atoms with Gasteiger partial charge in [0.05, 0.1) is 6.10 Å². The van der Waals surface area contributed by atoms with E-state index < -0.39 is 0 Å². The van der Waals surface area contributed by atoms with E-state index in [1.807, 2.05) is 18.2 Å². The number of amides is 1. The minimum Gasteiger partial charge on any atom is -0.391 e. The second-order valence-corrected chi connectivity index (χ2v) is 6.38. The second-order valence-electron chi connectivity index (χ2n) is 6.38. The lowest BCUT2D eigenvalue weighted by molar-refractivity contribution is 0.0473. The molecule has 1 fully saturated rings. The maximum atomic E-state index is 12.4. The van der Waals surface area contributed by atoms with E-state index in [0.29, 0.717) is 6.54 Å². The summed E-state index contributed by atoms with van der Waals surface area (Å²) in [5.41, 5.74) is 1.93. The fourth-order valence-corrected chi connectivity index (χ4v) is 2.44. The minimum absolute atomic E-state index is 0.0323. The first-order valence-electron chi connectivity index (χ1n) is 6.96. The monoisotopic (exact) mass is 261 g/mol. The van der Waals surface area contributed by atoms with Crippen molar-refractivity contribution in [2.45, 2.75) is 45.1 Å². The van der Waals surface area contributed by atoms with E-state index in [0.717, 1.165) is 30.5 Å². The quantitative estimate of drug-likeness (QED) is 0.844. The SMILES string of the molecule is CC(C)(C)c1cccc(C(=O)N2CCCC(O)C2)c1. The fraction of sp³-hybridized carbons (Fsp3) is 0.562. The van der Waals surface area contributed by atoms with E-state index in [2.05, 4.69) is 26.8 Å². The van der Waals surface area contributed by atoms with Gasteiger partial charge in [-0.05, 0) is 36.0 Å². The van der Waals surface area contributed by atoms with Crippen molar-refractivity contribution >= 4 is 5.91 Å². The van der Waals surface area contributed by atoms with E-state index in [1.165, 1.54) is 0 Å². The molecule has 1 saturated heterocycles. The van der Waals surface area contributed by atoms with Crippen LogP contribution >= 0.6 is 0 Å². The molecule has 3 heteroatoms. The summed E-state index contributed by atoms with van der Waals surface area (Å²) >= 11 is 0. The Bertz CT molecular complexity index is 462. The molecular weight excluding hydrogens is 238 g/mol. The van der Waals surface area contributed by atoms with E-state index in [1.54, 1.807) is 4.90 Å². The Kier molecular flexibility index (Phi) is 3.95. The minimum atomic E-state index is -0.372. The standard InChI is InChI=1S/C16H23NO2/c1-16(2,3)13-7-4-6-12(10-13)15(19)17-9-5-8-14(18)11-17/h4,6-7,10,14,18H,5,8-9,11H2,1-3H3. The first-order chi connectivity index (χ1) is 8.88. The summed E-state index contributed by atoms with van der Waals surface area (Å²) in [7, 11) is 0. The van der Waals surface area contributed by atoms with E-state index in [9.17, 15) is 9.90 Å². The number of β-amino-alcohol motifs (C(OH)–C–C–N with tert-alkyl or cyclic N) is 1. The van der Waals surface area contributed by atoms with Crippen LogP contribution in [0.3, 0.4) is 0 Å². The van der Waals surface area contributed by atoms with Gasteiger partial charge in [0.15, 0.2) is 0 Å². The molecular formula is C16H23NO2. The molecule has 19 heavy (non-hydrogen) atoms. The molecule has 0 saturated carbocycles. The van der Waals surface area contributed by atoms with Crippen molar-refractivity contribution in [2.75, 3.05) is 13.1 Å². The first-order valence-corrected chi connectivity index (χ1v) is 6.96. The van der Waals surface area contributed by atoms with Gasteiger partial charge in [0, 0.05) is 18.7 Å². The number of carbonyl (C=O) groups is 1. The van der Waals surface area contributed by atoms with Crippen LogP contribution in [0.4, 0.5) is 0 Å². The number of aliphatic hydroxyl groups excluding tert-OH is 1. The summed E-state index contributed by atoms with van der Waals surface area (Å²) in [6.07, 6.45) is 1.31. The van der Waals surface area contributed by atoms with Crippen molar-refractivity contribution in [1.82, 2.24) is 4.90 Å². The molecule has 3 nitrogen and oxygen atoms in total. The van der Waals surface area contributed by atoms with Crippen LogP contribution in [-0.4, -0.2) is 35.1 Å². The van der Waals surface area contributed by atoms with Gasteiger partial charge < -0.3 is 10.0 Å². The highest BCUT2D eigenvalue weighted by atomic mass is 16.3. The molecule has 1 unspecified atom stereocenters. The molecule has 0 bridgehead atoms. The molecule has 1 heterocycles. The molecule has 104 valence electrons. The molecule has 1 atom stereocenters. The number of carbonyl (C=O) groups excluding carboxylic acids is 1. The Morgan fingerprint density at radius 2 is 2.11 bits per heavy atom. The summed E-state index contributed by atoms with van der Waals surface area (Å²) in [5.74, 6) is 0.0323. The molecule has 1 aliphatic heterocycles. The van der Waals surface area contributed by atoms with Crippen molar-refractivity contribution in [3.8, 4) is 0 Å². The van der Waals surface area contributed by atoms with E-state index in [-0.39, 0.29) is 17.4 Å². The van der Waals surface area contributed by atoms with Crippen molar-refractivity contribution in [3.05, 3.63) is 35.4 Å². The number of nitrogens with zero attached hydrogens (tertiary/aromatic N) is 1. The smallest absolute Gasteiger partial charge is 0.253 e. The number of piperidine rings is 1. The summed E-state index contributed by atoms with van der Waals surface area (Å²) < 4.78 is 0. The third-order valence-electron chi connectivity index (χ3n) is 3.66. The summed E-state index contributed by atoms with van der Waals surface area (Å²) in [6, 6.07) is 7.83. The van der Waals surface area contributed by atoms with Gasteiger partial charge >= 0.3 is 0 Å². The maximum Gasteiger partial charge on any atom is 0.253 e. The molecule has 1 N–H and O–H groups in total. The van der Waals surface area contributed by atoms with Gasteiger partial charge in [0.25, 0.3) is 5.91 Å². The number of benzene rings is 1. The van der Waals surface area contributed by atoms with E-state index in [4.69, 9.17) is 0 Å². The topological polar surface area (TPSA) is 40.5 Å². The first kappa shape index (κ1) is 14.1. The fourth-order valence-electron chi connectivity index (χ4n) is 2.44. The number of likely N-dealkylation sites (tertiary alicyclic amines) is 1. The molecule has 1 aromatic carbocycles. The molecule has 0 aliphatic carbocycles. The van der Waals surface area contributed by atoms with Crippen molar-refractivity contribution < 1.29 is 9.90 Å². The molecule has 1 amide bonds. The Labute approximate surface area is 115 Å². The van der Waals surface area contributed by atoms with Crippen LogP contribution in [-0.2, 0) is 5.41 Å². The predicted molar refractivity (Wildman–Crippen MR) is 76.3 cm³/mol. The zero-order chi connectivity index (χ0) is 14.0. The summed E-state index contributed by atoms with van der Waals surface area (Å²) in [4.78, 5) is 14.2. The Morgan fingerprint density at radius 3 is 2.74 bits per heavy atom. The summed E-state index contributed by atoms with van der Waals surface area (Å²) in [5, 5.41) is 9.67. The van der Waals surface area contributed by atoms with Crippen LogP contribution in [0.1, 0.15) is 49.5 Å². The zero-order valence-electron chi connectivity index (χ0n) is 12.0. The lowest BCUT2D eigenvalue weighted by Crippen LogP contribution is -2.42. The lowest BCUT2D eigenvalue weighted by atomic mass is 9.86. The molecule has 0 aromatic heterocycles. The van der Waals surface area contributed by atoms with Crippen molar-refractivity contribution in [3.63, 3.8) is 0 Å². The van der Waals surface area contributed by atoms with Crippen LogP contribution in [0.15, 0.2) is 24.3 Å². The van der Waals surface area contributed by atoms with Gasteiger partial charge in [-0.1, -0.05) is 32.9 Å². The van der Waals surface area contributed by atoms with Gasteiger partial charge in [-0.3, -0.25) is 4.79 Å². The average molecular weight is 261 g/mol. The number of aliphatic hydroxyl groups is 1. The molecule has 0 radical (unpaired) electrons. The Morgan fingerprint density at radius 1 is 1.37 bits per heavy atom. The van der Waals surface area contributed by atoms with Crippen molar-refractivity contribution in [1.29, 1.82) is 0 Å². The highest BCUT2D eigenvalue weighted by Gasteiger charge is 2.24. The van der Waals surface area contributed by atoms with Crippen LogP contribution in [0, 0.1) is 0 Å².